The Kier molecular flexibility index (Phi) is 4.70. The van der Waals surface area contributed by atoms with Crippen LogP contribution in [0, 0.1) is 11.3 Å². The van der Waals surface area contributed by atoms with Crippen molar-refractivity contribution in [3.05, 3.63) is 0 Å². The number of nitrogens with one attached hydrogen (secondary N) is 1. The van der Waals surface area contributed by atoms with E-state index < -0.39 is 13.4 Å². The second-order valence-corrected chi connectivity index (χ2v) is 6.49. The standard InChI is InChI=1S/C10H18N3O3P/c1-7(2)15-17(14,16-8(3)4)10-5-9(6-11)12-13-10/h7-8,10,13H,5H2,1-4H3/t10-/m0/s1. The number of nitriles is 1. The van der Waals surface area contributed by atoms with Crippen molar-refractivity contribution in [3.8, 4) is 6.07 Å². The quantitative estimate of drug-likeness (QED) is 0.765. The lowest BCUT2D eigenvalue weighted by Gasteiger charge is -2.26. The molecule has 0 saturated carbocycles. The summed E-state index contributed by atoms with van der Waals surface area (Å²) in [6, 6.07) is 1.93. The Morgan fingerprint density at radius 2 is 1.94 bits per heavy atom. The SMILES string of the molecule is CC(C)OP(=O)(OC(C)C)[C@H]1CC(C#N)=NN1. The Balaban J connectivity index is 2.79. The summed E-state index contributed by atoms with van der Waals surface area (Å²) in [4.78, 5) is 0. The Bertz CT molecular complexity index is 373. The molecule has 1 N–H and O–H groups in total. The molecule has 1 heterocycles. The monoisotopic (exact) mass is 259 g/mol. The fraction of sp³-hybridized carbons (Fsp3) is 0.800. The summed E-state index contributed by atoms with van der Waals surface area (Å²) in [5.74, 6) is -0.568. The average Bonchev–Trinajstić information content (AvgIpc) is 2.63. The van der Waals surface area contributed by atoms with Gasteiger partial charge in [0.25, 0.3) is 0 Å². The van der Waals surface area contributed by atoms with Gasteiger partial charge in [-0.05, 0) is 27.7 Å². The van der Waals surface area contributed by atoms with Gasteiger partial charge in [-0.15, -0.1) is 0 Å². The maximum Gasteiger partial charge on any atom is 0.355 e. The summed E-state index contributed by atoms with van der Waals surface area (Å²) in [5.41, 5.74) is 2.98. The first-order chi connectivity index (χ1) is 7.87. The summed E-state index contributed by atoms with van der Waals surface area (Å²) < 4.78 is 23.4. The van der Waals surface area contributed by atoms with Crippen LogP contribution in [0.2, 0.25) is 0 Å². The molecule has 0 radical (unpaired) electrons. The van der Waals surface area contributed by atoms with Crippen LogP contribution in [-0.2, 0) is 13.6 Å². The minimum absolute atomic E-state index is 0.215. The number of nitrogens with zero attached hydrogens (tertiary/aromatic N) is 2. The molecule has 1 aliphatic rings. The molecule has 0 unspecified atom stereocenters. The van der Waals surface area contributed by atoms with Gasteiger partial charge in [-0.1, -0.05) is 0 Å². The van der Waals surface area contributed by atoms with Gasteiger partial charge in [0, 0.05) is 6.42 Å². The van der Waals surface area contributed by atoms with Crippen LogP contribution in [0.15, 0.2) is 5.10 Å². The third-order valence-electron chi connectivity index (χ3n) is 1.96. The summed E-state index contributed by atoms with van der Waals surface area (Å²) in [7, 11) is -3.31. The van der Waals surface area contributed by atoms with E-state index in [1.54, 1.807) is 27.7 Å². The van der Waals surface area contributed by atoms with E-state index in [9.17, 15) is 4.57 Å². The zero-order valence-electron chi connectivity index (χ0n) is 10.5. The molecule has 0 aliphatic carbocycles. The molecule has 96 valence electrons. The van der Waals surface area contributed by atoms with E-state index in [4.69, 9.17) is 14.3 Å². The van der Waals surface area contributed by atoms with Gasteiger partial charge in [-0.25, -0.2) is 0 Å². The topological polar surface area (TPSA) is 83.7 Å². The molecule has 0 aromatic carbocycles. The Morgan fingerprint density at radius 3 is 2.29 bits per heavy atom. The Morgan fingerprint density at radius 1 is 1.41 bits per heavy atom. The van der Waals surface area contributed by atoms with Gasteiger partial charge < -0.3 is 9.05 Å². The minimum atomic E-state index is -3.31. The molecule has 0 amide bonds. The van der Waals surface area contributed by atoms with Gasteiger partial charge in [0.15, 0.2) is 5.78 Å². The van der Waals surface area contributed by atoms with Gasteiger partial charge in [-0.3, -0.25) is 9.99 Å². The predicted molar refractivity (Wildman–Crippen MR) is 64.6 cm³/mol. The second kappa shape index (κ2) is 5.63. The molecule has 0 aromatic heterocycles. The van der Waals surface area contributed by atoms with Gasteiger partial charge in [0.2, 0.25) is 0 Å². The largest absolute Gasteiger partial charge is 0.355 e. The van der Waals surface area contributed by atoms with Crippen molar-refractivity contribution in [1.29, 1.82) is 5.26 Å². The van der Waals surface area contributed by atoms with Crippen LogP contribution in [0.5, 0.6) is 0 Å². The maximum absolute atomic E-state index is 12.6. The zero-order valence-corrected chi connectivity index (χ0v) is 11.4. The molecular weight excluding hydrogens is 241 g/mol. The van der Waals surface area contributed by atoms with Crippen LogP contribution in [0.3, 0.4) is 0 Å². The van der Waals surface area contributed by atoms with Crippen molar-refractivity contribution in [3.63, 3.8) is 0 Å². The van der Waals surface area contributed by atoms with E-state index >= 15 is 0 Å². The second-order valence-electron chi connectivity index (χ2n) is 4.37. The molecule has 7 heteroatoms. The fourth-order valence-corrected chi connectivity index (χ4v) is 3.55. The molecule has 0 saturated heterocycles. The van der Waals surface area contributed by atoms with Crippen molar-refractivity contribution in [2.24, 2.45) is 5.10 Å². The van der Waals surface area contributed by atoms with Gasteiger partial charge >= 0.3 is 7.60 Å². The van der Waals surface area contributed by atoms with Crippen LogP contribution in [0.25, 0.3) is 0 Å². The molecule has 1 rings (SSSR count). The van der Waals surface area contributed by atoms with E-state index in [-0.39, 0.29) is 18.6 Å². The first-order valence-corrected chi connectivity index (χ1v) is 7.17. The molecule has 0 aromatic rings. The summed E-state index contributed by atoms with van der Waals surface area (Å²) in [6.45, 7) is 7.16. The molecule has 0 fully saturated rings. The Hall–Kier alpha value is -0.890. The van der Waals surface area contributed by atoms with E-state index in [1.165, 1.54) is 0 Å². The minimum Gasteiger partial charge on any atom is -0.304 e. The lowest BCUT2D eigenvalue weighted by molar-refractivity contribution is 0.135. The molecule has 17 heavy (non-hydrogen) atoms. The smallest absolute Gasteiger partial charge is 0.304 e. The van der Waals surface area contributed by atoms with E-state index in [0.717, 1.165) is 0 Å². The highest BCUT2D eigenvalue weighted by atomic mass is 31.2. The normalized spacial score (nSPS) is 20.3. The van der Waals surface area contributed by atoms with Crippen molar-refractivity contribution in [2.75, 3.05) is 0 Å². The fourth-order valence-electron chi connectivity index (χ4n) is 1.44. The molecule has 1 aliphatic heterocycles. The van der Waals surface area contributed by atoms with E-state index in [0.29, 0.717) is 5.71 Å². The Labute approximate surface area is 102 Å². The number of hydrogen-bond acceptors (Lipinski definition) is 6. The van der Waals surface area contributed by atoms with Crippen molar-refractivity contribution < 1.29 is 13.6 Å². The van der Waals surface area contributed by atoms with Gasteiger partial charge in [0.1, 0.15) is 11.8 Å². The van der Waals surface area contributed by atoms with Gasteiger partial charge in [-0.2, -0.15) is 10.4 Å². The number of hydrogen-bond donors (Lipinski definition) is 1. The lowest BCUT2D eigenvalue weighted by Crippen LogP contribution is -2.25. The molecule has 0 spiro atoms. The highest BCUT2D eigenvalue weighted by Crippen LogP contribution is 2.56. The summed E-state index contributed by atoms with van der Waals surface area (Å²) >= 11 is 0. The molecule has 1 atom stereocenters. The van der Waals surface area contributed by atoms with Crippen molar-refractivity contribution in [1.82, 2.24) is 5.43 Å². The lowest BCUT2D eigenvalue weighted by atomic mass is 10.3. The highest BCUT2D eigenvalue weighted by Gasteiger charge is 2.41. The predicted octanol–water partition coefficient (Wildman–Crippen LogP) is 2.23. The van der Waals surface area contributed by atoms with Crippen LogP contribution in [0.4, 0.5) is 0 Å². The van der Waals surface area contributed by atoms with E-state index in [2.05, 4.69) is 10.5 Å². The van der Waals surface area contributed by atoms with Crippen LogP contribution in [0.1, 0.15) is 34.1 Å². The zero-order chi connectivity index (χ0) is 13.1. The van der Waals surface area contributed by atoms with Gasteiger partial charge in [0.05, 0.1) is 12.2 Å². The molecule has 6 nitrogen and oxygen atoms in total. The maximum atomic E-state index is 12.6. The first-order valence-electron chi connectivity index (χ1n) is 5.56. The molecular formula is C10H18N3O3P. The number of rotatable bonds is 5. The third-order valence-corrected chi connectivity index (χ3v) is 4.45. The van der Waals surface area contributed by atoms with E-state index in [1.807, 2.05) is 6.07 Å². The summed E-state index contributed by atoms with van der Waals surface area (Å²) in [5, 5.41) is 12.5. The van der Waals surface area contributed by atoms with Crippen molar-refractivity contribution in [2.45, 2.75) is 52.1 Å². The van der Waals surface area contributed by atoms with Crippen LogP contribution < -0.4 is 5.43 Å². The highest BCUT2D eigenvalue weighted by molar-refractivity contribution is 7.54. The van der Waals surface area contributed by atoms with Crippen molar-refractivity contribution >= 4 is 13.3 Å². The first kappa shape index (κ1) is 14.2. The van der Waals surface area contributed by atoms with Crippen LogP contribution in [-0.4, -0.2) is 23.7 Å². The average molecular weight is 259 g/mol. The molecule has 0 bridgehead atoms. The summed E-state index contributed by atoms with van der Waals surface area (Å²) in [6.07, 6.45) is -0.159. The van der Waals surface area contributed by atoms with Crippen LogP contribution >= 0.6 is 7.60 Å². The number of hydrazone groups is 1. The third kappa shape index (κ3) is 3.81.